The fourth-order valence-electron chi connectivity index (χ4n) is 2.90. The number of amides is 1. The van der Waals surface area contributed by atoms with Crippen molar-refractivity contribution in [2.24, 2.45) is 0 Å². The third-order valence-electron chi connectivity index (χ3n) is 4.28. The molecule has 1 aliphatic rings. The Morgan fingerprint density at radius 3 is 2.89 bits per heavy atom. The summed E-state index contributed by atoms with van der Waals surface area (Å²) in [6.07, 6.45) is 0. The van der Waals surface area contributed by atoms with Gasteiger partial charge in [0.2, 0.25) is 17.9 Å². The number of aromatic nitrogens is 4. The first-order chi connectivity index (χ1) is 13.6. The first kappa shape index (κ1) is 18.3. The summed E-state index contributed by atoms with van der Waals surface area (Å²) < 4.78 is 12.3. The Kier molecular flexibility index (Phi) is 5.16. The van der Waals surface area contributed by atoms with Gasteiger partial charge in [0, 0.05) is 6.54 Å². The van der Waals surface area contributed by atoms with E-state index in [1.807, 2.05) is 44.2 Å². The molecule has 9 heteroatoms. The van der Waals surface area contributed by atoms with Crippen molar-refractivity contribution in [1.29, 1.82) is 0 Å². The zero-order valence-electron chi connectivity index (χ0n) is 15.5. The average molecular weight is 397 g/mol. The van der Waals surface area contributed by atoms with Crippen LogP contribution in [0.15, 0.2) is 41.6 Å². The predicted octanol–water partition coefficient (Wildman–Crippen LogP) is 2.42. The Morgan fingerprint density at radius 2 is 2.04 bits per heavy atom. The lowest BCUT2D eigenvalue weighted by molar-refractivity contribution is -0.118. The van der Waals surface area contributed by atoms with Crippen molar-refractivity contribution in [3.63, 3.8) is 0 Å². The number of hydrogen-bond donors (Lipinski definition) is 1. The topological polar surface area (TPSA) is 91.2 Å². The molecule has 3 aromatic rings. The minimum absolute atomic E-state index is 0.0992. The summed E-state index contributed by atoms with van der Waals surface area (Å²) >= 11 is 1.29. The maximum Gasteiger partial charge on any atom is 0.231 e. The van der Waals surface area contributed by atoms with Crippen molar-refractivity contribution in [3.8, 4) is 17.2 Å². The highest BCUT2D eigenvalue weighted by molar-refractivity contribution is 7.99. The predicted molar refractivity (Wildman–Crippen MR) is 104 cm³/mol. The van der Waals surface area contributed by atoms with Gasteiger partial charge in [0.25, 0.3) is 0 Å². The second kappa shape index (κ2) is 7.89. The van der Waals surface area contributed by atoms with Crippen molar-refractivity contribution >= 4 is 17.7 Å². The Bertz CT molecular complexity index is 1020. The molecule has 0 fully saturated rings. The quantitative estimate of drug-likeness (QED) is 0.639. The number of carbonyl (C=O) groups is 1. The van der Waals surface area contributed by atoms with E-state index >= 15 is 0 Å². The number of nitrogens with one attached hydrogen (secondary N) is 1. The largest absolute Gasteiger partial charge is 0.454 e. The molecule has 28 heavy (non-hydrogen) atoms. The molecule has 0 radical (unpaired) electrons. The third kappa shape index (κ3) is 3.94. The average Bonchev–Trinajstić information content (AvgIpc) is 3.33. The summed E-state index contributed by atoms with van der Waals surface area (Å²) in [5.74, 6) is 1.55. The molecule has 0 unspecified atom stereocenters. The van der Waals surface area contributed by atoms with E-state index in [0.717, 1.165) is 22.6 Å². The number of hydrogen-bond acceptors (Lipinski definition) is 7. The number of tetrazole rings is 1. The number of nitrogens with zero attached hydrogens (tertiary/aromatic N) is 4. The lowest BCUT2D eigenvalue weighted by Gasteiger charge is -2.09. The van der Waals surface area contributed by atoms with Gasteiger partial charge in [0.05, 0.1) is 11.4 Å². The highest BCUT2D eigenvalue weighted by Gasteiger charge is 2.15. The van der Waals surface area contributed by atoms with E-state index < -0.39 is 0 Å². The Labute approximate surface area is 166 Å². The summed E-state index contributed by atoms with van der Waals surface area (Å²) in [6.45, 7) is 4.70. The van der Waals surface area contributed by atoms with E-state index in [1.54, 1.807) is 4.68 Å². The normalized spacial score (nSPS) is 12.2. The van der Waals surface area contributed by atoms with Crippen LogP contribution in [0, 0.1) is 13.8 Å². The highest BCUT2D eigenvalue weighted by atomic mass is 32.2. The molecule has 2 heterocycles. The second-order valence-electron chi connectivity index (χ2n) is 6.42. The summed E-state index contributed by atoms with van der Waals surface area (Å²) in [4.78, 5) is 12.2. The molecule has 1 amide bonds. The van der Waals surface area contributed by atoms with Crippen molar-refractivity contribution < 1.29 is 14.3 Å². The van der Waals surface area contributed by atoms with Crippen LogP contribution >= 0.6 is 11.8 Å². The molecule has 0 saturated carbocycles. The number of fused-ring (bicyclic) bond motifs is 1. The molecular formula is C19H19N5O3S. The lowest BCUT2D eigenvalue weighted by atomic mass is 10.1. The number of thioether (sulfide) groups is 1. The Balaban J connectivity index is 1.35. The van der Waals surface area contributed by atoms with Gasteiger partial charge >= 0.3 is 0 Å². The van der Waals surface area contributed by atoms with Crippen LogP contribution < -0.4 is 14.8 Å². The first-order valence-electron chi connectivity index (χ1n) is 8.74. The smallest absolute Gasteiger partial charge is 0.231 e. The van der Waals surface area contributed by atoms with E-state index in [1.165, 1.54) is 17.3 Å². The molecular weight excluding hydrogens is 378 g/mol. The Morgan fingerprint density at radius 1 is 1.18 bits per heavy atom. The molecule has 8 nitrogen and oxygen atoms in total. The zero-order chi connectivity index (χ0) is 19.5. The summed E-state index contributed by atoms with van der Waals surface area (Å²) in [6, 6.07) is 11.7. The molecule has 0 spiro atoms. The van der Waals surface area contributed by atoms with Crippen LogP contribution in [0.5, 0.6) is 11.5 Å². The molecule has 4 rings (SSSR count). The van der Waals surface area contributed by atoms with Crippen molar-refractivity contribution in [2.75, 3.05) is 12.5 Å². The summed E-state index contributed by atoms with van der Waals surface area (Å²) in [5, 5.41) is 15.3. The van der Waals surface area contributed by atoms with Gasteiger partial charge in [-0.15, -0.1) is 5.10 Å². The van der Waals surface area contributed by atoms with Gasteiger partial charge in [-0.25, -0.2) is 0 Å². The number of ether oxygens (including phenoxy) is 2. The summed E-state index contributed by atoms with van der Waals surface area (Å²) in [7, 11) is 0. The van der Waals surface area contributed by atoms with E-state index in [9.17, 15) is 4.79 Å². The fraction of sp³-hybridized carbons (Fsp3) is 0.263. The first-order valence-corrected chi connectivity index (χ1v) is 9.73. The maximum atomic E-state index is 12.2. The van der Waals surface area contributed by atoms with E-state index in [0.29, 0.717) is 17.5 Å². The number of carbonyl (C=O) groups excluding carboxylic acids is 1. The molecule has 0 aliphatic carbocycles. The van der Waals surface area contributed by atoms with Crippen LogP contribution in [0.3, 0.4) is 0 Å². The van der Waals surface area contributed by atoms with E-state index in [4.69, 9.17) is 9.47 Å². The Hall–Kier alpha value is -3.07. The van der Waals surface area contributed by atoms with Crippen molar-refractivity contribution in [3.05, 3.63) is 53.1 Å². The molecule has 0 atom stereocenters. The van der Waals surface area contributed by atoms with Gasteiger partial charge in [-0.3, -0.25) is 4.79 Å². The van der Waals surface area contributed by atoms with Crippen LogP contribution in [0.4, 0.5) is 0 Å². The fourth-order valence-corrected chi connectivity index (χ4v) is 3.61. The van der Waals surface area contributed by atoms with Gasteiger partial charge in [0.1, 0.15) is 0 Å². The number of aryl methyl sites for hydroxylation is 2. The molecule has 1 aliphatic heterocycles. The zero-order valence-corrected chi connectivity index (χ0v) is 16.3. The van der Waals surface area contributed by atoms with Crippen LogP contribution in [0.1, 0.15) is 16.7 Å². The van der Waals surface area contributed by atoms with Gasteiger partial charge < -0.3 is 14.8 Å². The monoisotopic (exact) mass is 397 g/mol. The minimum atomic E-state index is -0.0992. The maximum absolute atomic E-state index is 12.2. The van der Waals surface area contributed by atoms with Crippen molar-refractivity contribution in [1.82, 2.24) is 25.5 Å². The van der Waals surface area contributed by atoms with Crippen LogP contribution in [0.2, 0.25) is 0 Å². The minimum Gasteiger partial charge on any atom is -0.454 e. The molecule has 0 saturated heterocycles. The van der Waals surface area contributed by atoms with E-state index in [-0.39, 0.29) is 18.5 Å². The van der Waals surface area contributed by atoms with Gasteiger partial charge in [0.15, 0.2) is 11.5 Å². The number of rotatable bonds is 6. The lowest BCUT2D eigenvalue weighted by Crippen LogP contribution is -2.24. The molecule has 1 N–H and O–H groups in total. The standard InChI is InChI=1S/C19H19N5O3S/c1-12-3-5-15(13(2)7-12)24-19(21-22-23-24)28-10-18(25)20-9-14-4-6-16-17(8-14)27-11-26-16/h3-8H,9-11H2,1-2H3,(H,20,25). The van der Waals surface area contributed by atoms with E-state index in [2.05, 4.69) is 26.9 Å². The van der Waals surface area contributed by atoms with Gasteiger partial charge in [-0.2, -0.15) is 4.68 Å². The molecule has 144 valence electrons. The highest BCUT2D eigenvalue weighted by Crippen LogP contribution is 2.32. The van der Waals surface area contributed by atoms with Crippen LogP contribution in [-0.2, 0) is 11.3 Å². The van der Waals surface area contributed by atoms with Crippen molar-refractivity contribution in [2.45, 2.75) is 25.5 Å². The SMILES string of the molecule is Cc1ccc(-n2nnnc2SCC(=O)NCc2ccc3c(c2)OCO3)c(C)c1. The van der Waals surface area contributed by atoms with Gasteiger partial charge in [-0.1, -0.05) is 35.5 Å². The molecule has 0 bridgehead atoms. The second-order valence-corrected chi connectivity index (χ2v) is 7.36. The van der Waals surface area contributed by atoms with Gasteiger partial charge in [-0.05, 0) is 53.6 Å². The third-order valence-corrected chi connectivity index (χ3v) is 5.20. The summed E-state index contributed by atoms with van der Waals surface area (Å²) in [5.41, 5.74) is 4.09. The molecule has 2 aromatic carbocycles. The number of benzene rings is 2. The van der Waals surface area contributed by atoms with Crippen LogP contribution in [0.25, 0.3) is 5.69 Å². The van der Waals surface area contributed by atoms with Crippen LogP contribution in [-0.4, -0.2) is 38.7 Å². The molecule has 1 aromatic heterocycles.